The second-order valence-corrected chi connectivity index (χ2v) is 8.55. The molecular weight excluding hydrogens is 419 g/mol. The summed E-state index contributed by atoms with van der Waals surface area (Å²) in [7, 11) is -3.83. The number of rotatable bonds is 5. The van der Waals surface area contributed by atoms with Crippen LogP contribution in [-0.4, -0.2) is 14.3 Å². The zero-order valence-electron chi connectivity index (χ0n) is 14.7. The molecule has 0 bridgehead atoms. The van der Waals surface area contributed by atoms with E-state index >= 15 is 0 Å². The summed E-state index contributed by atoms with van der Waals surface area (Å²) in [6, 6.07) is 17.3. The highest BCUT2D eigenvalue weighted by Gasteiger charge is 2.17. The third-order valence-electron chi connectivity index (χ3n) is 3.99. The summed E-state index contributed by atoms with van der Waals surface area (Å²) in [6.07, 6.45) is 0. The fraction of sp³-hybridized carbons (Fsp3) is 0.0500. The molecular formula is C20H16Cl2N2O3S. The van der Waals surface area contributed by atoms with Crippen molar-refractivity contribution in [3.8, 4) is 0 Å². The first-order chi connectivity index (χ1) is 13.3. The minimum Gasteiger partial charge on any atom is -0.322 e. The minimum atomic E-state index is -3.83. The van der Waals surface area contributed by atoms with Gasteiger partial charge in [-0.2, -0.15) is 0 Å². The largest absolute Gasteiger partial charge is 0.322 e. The van der Waals surface area contributed by atoms with Crippen molar-refractivity contribution in [2.24, 2.45) is 0 Å². The van der Waals surface area contributed by atoms with Gasteiger partial charge in [-0.3, -0.25) is 9.52 Å². The van der Waals surface area contributed by atoms with Gasteiger partial charge in [-0.05, 0) is 61.0 Å². The standard InChI is InChI=1S/C20H16Cl2N2O3S/c1-13-6-9-15(21)12-19(13)23-20(25)14-7-10-16(11-8-14)28(26,27)24-18-5-3-2-4-17(18)22/h2-12,24H,1H3,(H,23,25). The Bertz CT molecular complexity index is 1130. The number of carbonyl (C=O) groups excluding carboxylic acids is 1. The van der Waals surface area contributed by atoms with Crippen LogP contribution in [0.25, 0.3) is 0 Å². The molecule has 0 heterocycles. The SMILES string of the molecule is Cc1ccc(Cl)cc1NC(=O)c1ccc(S(=O)(=O)Nc2ccccc2Cl)cc1. The maximum Gasteiger partial charge on any atom is 0.261 e. The van der Waals surface area contributed by atoms with Crippen molar-refractivity contribution in [1.82, 2.24) is 0 Å². The van der Waals surface area contributed by atoms with E-state index in [-0.39, 0.29) is 16.5 Å². The molecule has 8 heteroatoms. The van der Waals surface area contributed by atoms with Crippen molar-refractivity contribution in [2.75, 3.05) is 10.0 Å². The van der Waals surface area contributed by atoms with Gasteiger partial charge in [0, 0.05) is 16.3 Å². The Morgan fingerprint density at radius 1 is 0.893 bits per heavy atom. The molecule has 0 aliphatic rings. The number of benzene rings is 3. The van der Waals surface area contributed by atoms with E-state index in [1.54, 1.807) is 42.5 Å². The van der Waals surface area contributed by atoms with E-state index in [0.717, 1.165) is 5.56 Å². The average Bonchev–Trinajstić information content (AvgIpc) is 2.66. The van der Waals surface area contributed by atoms with Gasteiger partial charge >= 0.3 is 0 Å². The lowest BCUT2D eigenvalue weighted by Crippen LogP contribution is -2.15. The molecule has 0 fully saturated rings. The zero-order chi connectivity index (χ0) is 20.3. The Morgan fingerprint density at radius 3 is 2.25 bits per heavy atom. The van der Waals surface area contributed by atoms with Gasteiger partial charge in [0.05, 0.1) is 15.6 Å². The van der Waals surface area contributed by atoms with Crippen LogP contribution in [0.3, 0.4) is 0 Å². The number of amides is 1. The molecule has 0 unspecified atom stereocenters. The number of hydrogen-bond donors (Lipinski definition) is 2. The highest BCUT2D eigenvalue weighted by Crippen LogP contribution is 2.25. The van der Waals surface area contributed by atoms with E-state index in [1.165, 1.54) is 24.3 Å². The van der Waals surface area contributed by atoms with Crippen molar-refractivity contribution in [3.63, 3.8) is 0 Å². The number of nitrogens with one attached hydrogen (secondary N) is 2. The van der Waals surface area contributed by atoms with Crippen LogP contribution in [-0.2, 0) is 10.0 Å². The average molecular weight is 435 g/mol. The fourth-order valence-corrected chi connectivity index (χ4v) is 3.95. The molecule has 28 heavy (non-hydrogen) atoms. The maximum atomic E-state index is 12.5. The number of hydrogen-bond acceptors (Lipinski definition) is 3. The third-order valence-corrected chi connectivity index (χ3v) is 5.94. The highest BCUT2D eigenvalue weighted by atomic mass is 35.5. The predicted molar refractivity (Wildman–Crippen MR) is 113 cm³/mol. The van der Waals surface area contributed by atoms with E-state index in [9.17, 15) is 13.2 Å². The van der Waals surface area contributed by atoms with Crippen LogP contribution in [0.5, 0.6) is 0 Å². The minimum absolute atomic E-state index is 0.0166. The number of para-hydroxylation sites is 1. The van der Waals surface area contributed by atoms with Crippen LogP contribution >= 0.6 is 23.2 Å². The van der Waals surface area contributed by atoms with E-state index in [1.807, 2.05) is 6.92 Å². The maximum absolute atomic E-state index is 12.5. The normalized spacial score (nSPS) is 11.1. The Kier molecular flexibility index (Phi) is 5.93. The summed E-state index contributed by atoms with van der Waals surface area (Å²) in [5.41, 5.74) is 2.05. The van der Waals surface area contributed by atoms with Crippen molar-refractivity contribution >= 4 is 50.5 Å². The number of carbonyl (C=O) groups is 1. The molecule has 0 radical (unpaired) electrons. The first kappa shape index (κ1) is 20.2. The summed E-state index contributed by atoms with van der Waals surface area (Å²) in [4.78, 5) is 12.5. The van der Waals surface area contributed by atoms with E-state index in [4.69, 9.17) is 23.2 Å². The Morgan fingerprint density at radius 2 is 1.57 bits per heavy atom. The van der Waals surface area contributed by atoms with Gasteiger partial charge in [0.2, 0.25) is 0 Å². The van der Waals surface area contributed by atoms with Crippen molar-refractivity contribution in [2.45, 2.75) is 11.8 Å². The first-order valence-electron chi connectivity index (χ1n) is 8.21. The number of halogens is 2. The Hall–Kier alpha value is -2.54. The molecule has 0 saturated heterocycles. The van der Waals surface area contributed by atoms with Gasteiger partial charge in [0.25, 0.3) is 15.9 Å². The molecule has 3 rings (SSSR count). The van der Waals surface area contributed by atoms with E-state index in [2.05, 4.69) is 10.0 Å². The van der Waals surface area contributed by atoms with Crippen LogP contribution in [0, 0.1) is 6.92 Å². The summed E-state index contributed by atoms with van der Waals surface area (Å²) in [6.45, 7) is 1.85. The van der Waals surface area contributed by atoms with Gasteiger partial charge in [0.15, 0.2) is 0 Å². The summed E-state index contributed by atoms with van der Waals surface area (Å²) in [5.74, 6) is -0.367. The fourth-order valence-electron chi connectivity index (χ4n) is 2.46. The lowest BCUT2D eigenvalue weighted by atomic mass is 10.1. The molecule has 0 saturated carbocycles. The van der Waals surface area contributed by atoms with E-state index in [0.29, 0.717) is 21.3 Å². The van der Waals surface area contributed by atoms with Gasteiger partial charge in [0.1, 0.15) is 0 Å². The van der Waals surface area contributed by atoms with Gasteiger partial charge < -0.3 is 5.32 Å². The molecule has 2 N–H and O–H groups in total. The van der Waals surface area contributed by atoms with Crippen molar-refractivity contribution in [1.29, 1.82) is 0 Å². The number of anilines is 2. The van der Waals surface area contributed by atoms with Crippen LogP contribution in [0.1, 0.15) is 15.9 Å². The lowest BCUT2D eigenvalue weighted by Gasteiger charge is -2.11. The molecule has 0 aliphatic heterocycles. The molecule has 0 spiro atoms. The van der Waals surface area contributed by atoms with Crippen molar-refractivity contribution in [3.05, 3.63) is 87.9 Å². The van der Waals surface area contributed by atoms with E-state index < -0.39 is 10.0 Å². The first-order valence-corrected chi connectivity index (χ1v) is 10.4. The highest BCUT2D eigenvalue weighted by molar-refractivity contribution is 7.92. The summed E-state index contributed by atoms with van der Waals surface area (Å²) < 4.78 is 27.5. The molecule has 1 amide bonds. The quantitative estimate of drug-likeness (QED) is 0.567. The van der Waals surface area contributed by atoms with Crippen LogP contribution in [0.15, 0.2) is 71.6 Å². The molecule has 0 atom stereocenters. The van der Waals surface area contributed by atoms with Crippen LogP contribution in [0.2, 0.25) is 10.0 Å². The van der Waals surface area contributed by atoms with Gasteiger partial charge in [-0.15, -0.1) is 0 Å². The second kappa shape index (κ2) is 8.22. The molecule has 0 aliphatic carbocycles. The number of sulfonamides is 1. The lowest BCUT2D eigenvalue weighted by molar-refractivity contribution is 0.102. The molecule has 3 aromatic carbocycles. The molecule has 0 aromatic heterocycles. The summed E-state index contributed by atoms with van der Waals surface area (Å²) in [5, 5.41) is 3.57. The topological polar surface area (TPSA) is 75.3 Å². The third kappa shape index (κ3) is 4.65. The molecule has 144 valence electrons. The molecule has 3 aromatic rings. The molecule has 5 nitrogen and oxygen atoms in total. The predicted octanol–water partition coefficient (Wildman–Crippen LogP) is 5.35. The Balaban J connectivity index is 1.78. The van der Waals surface area contributed by atoms with Gasteiger partial charge in [-0.1, -0.05) is 41.4 Å². The summed E-state index contributed by atoms with van der Waals surface area (Å²) >= 11 is 12.0. The van der Waals surface area contributed by atoms with Crippen molar-refractivity contribution < 1.29 is 13.2 Å². The smallest absolute Gasteiger partial charge is 0.261 e. The zero-order valence-corrected chi connectivity index (χ0v) is 17.1. The Labute approximate surface area is 173 Å². The van der Waals surface area contributed by atoms with Gasteiger partial charge in [-0.25, -0.2) is 8.42 Å². The van der Waals surface area contributed by atoms with Crippen LogP contribution in [0.4, 0.5) is 11.4 Å². The number of aryl methyl sites for hydroxylation is 1. The van der Waals surface area contributed by atoms with Crippen LogP contribution < -0.4 is 10.0 Å². The monoisotopic (exact) mass is 434 g/mol. The second-order valence-electron chi connectivity index (χ2n) is 6.02.